The molecule has 2 N–H and O–H groups in total. The molecule has 1 heterocycles. The lowest BCUT2D eigenvalue weighted by Crippen LogP contribution is -2.31. The number of carbonyl (C=O) groups is 1. The Balaban J connectivity index is 2.04. The highest BCUT2D eigenvalue weighted by atomic mass is 16.5. The largest absolute Gasteiger partial charge is 0.465 e. The summed E-state index contributed by atoms with van der Waals surface area (Å²) in [5, 5.41) is 0. The molecular weight excluding hydrogens is 268 g/mol. The van der Waals surface area contributed by atoms with Gasteiger partial charge in [-0.3, -0.25) is 0 Å². The Labute approximate surface area is 126 Å². The van der Waals surface area contributed by atoms with E-state index in [1.807, 2.05) is 12.1 Å². The normalized spacial score (nSPS) is 18.7. The number of esters is 1. The third-order valence-corrected chi connectivity index (χ3v) is 3.84. The van der Waals surface area contributed by atoms with Crippen LogP contribution in [0.15, 0.2) is 18.2 Å². The first-order valence-corrected chi connectivity index (χ1v) is 7.33. The number of nitrogens with two attached hydrogens (primary N) is 1. The summed E-state index contributed by atoms with van der Waals surface area (Å²) in [6.07, 6.45) is 2.33. The van der Waals surface area contributed by atoms with Gasteiger partial charge < -0.3 is 20.1 Å². The van der Waals surface area contributed by atoms with Gasteiger partial charge in [-0.1, -0.05) is 12.1 Å². The van der Waals surface area contributed by atoms with Crippen LogP contribution in [0, 0.1) is 5.92 Å². The van der Waals surface area contributed by atoms with Crippen molar-refractivity contribution in [2.75, 3.05) is 39.6 Å². The van der Waals surface area contributed by atoms with Crippen molar-refractivity contribution in [3.8, 4) is 0 Å². The van der Waals surface area contributed by atoms with Crippen LogP contribution in [0.4, 0.5) is 5.69 Å². The maximum atomic E-state index is 11.9. The quantitative estimate of drug-likeness (QED) is 0.663. The molecule has 1 aliphatic rings. The first kappa shape index (κ1) is 15.8. The molecule has 0 bridgehead atoms. The van der Waals surface area contributed by atoms with E-state index < -0.39 is 0 Å². The van der Waals surface area contributed by atoms with Gasteiger partial charge in [0.15, 0.2) is 0 Å². The maximum Gasteiger partial charge on any atom is 0.340 e. The smallest absolute Gasteiger partial charge is 0.340 e. The second-order valence-corrected chi connectivity index (χ2v) is 5.65. The summed E-state index contributed by atoms with van der Waals surface area (Å²) in [5.41, 5.74) is 7.77. The van der Waals surface area contributed by atoms with Crippen molar-refractivity contribution >= 4 is 11.7 Å². The third kappa shape index (κ3) is 4.19. The minimum absolute atomic E-state index is 0.377. The predicted octanol–water partition coefficient (Wildman–Crippen LogP) is 1.91. The second-order valence-electron chi connectivity index (χ2n) is 5.65. The molecule has 1 aliphatic heterocycles. The van der Waals surface area contributed by atoms with E-state index in [-0.39, 0.29) is 5.97 Å². The number of hydrogen-bond acceptors (Lipinski definition) is 5. The molecule has 0 spiro atoms. The molecule has 0 aliphatic carbocycles. The van der Waals surface area contributed by atoms with Gasteiger partial charge in [0.1, 0.15) is 0 Å². The summed E-state index contributed by atoms with van der Waals surface area (Å²) >= 11 is 0. The van der Waals surface area contributed by atoms with E-state index in [2.05, 4.69) is 11.9 Å². The second kappa shape index (κ2) is 7.43. The summed E-state index contributed by atoms with van der Waals surface area (Å²) in [6, 6.07) is 5.52. The monoisotopic (exact) mass is 292 g/mol. The Morgan fingerprint density at radius 2 is 2.33 bits per heavy atom. The van der Waals surface area contributed by atoms with E-state index in [0.717, 1.165) is 31.7 Å². The van der Waals surface area contributed by atoms with E-state index in [4.69, 9.17) is 15.2 Å². The van der Waals surface area contributed by atoms with Crippen LogP contribution in [-0.4, -0.2) is 44.8 Å². The van der Waals surface area contributed by atoms with Gasteiger partial charge in [0.05, 0.1) is 19.3 Å². The van der Waals surface area contributed by atoms with Gasteiger partial charge in [-0.15, -0.1) is 0 Å². The van der Waals surface area contributed by atoms with Crippen LogP contribution in [-0.2, 0) is 16.0 Å². The lowest BCUT2D eigenvalue weighted by molar-refractivity contribution is 0.0410. The lowest BCUT2D eigenvalue weighted by atomic mass is 10.0. The van der Waals surface area contributed by atoms with Crippen molar-refractivity contribution in [3.05, 3.63) is 29.3 Å². The summed E-state index contributed by atoms with van der Waals surface area (Å²) in [7, 11) is 3.43. The Hall–Kier alpha value is -1.59. The van der Waals surface area contributed by atoms with Gasteiger partial charge in [0.2, 0.25) is 0 Å². The lowest BCUT2D eigenvalue weighted by Gasteiger charge is -2.27. The van der Waals surface area contributed by atoms with Gasteiger partial charge in [0.25, 0.3) is 0 Å². The van der Waals surface area contributed by atoms with E-state index in [1.54, 1.807) is 6.07 Å². The van der Waals surface area contributed by atoms with Crippen molar-refractivity contribution in [2.24, 2.45) is 5.92 Å². The van der Waals surface area contributed by atoms with Crippen molar-refractivity contribution in [3.63, 3.8) is 0 Å². The van der Waals surface area contributed by atoms with Crippen LogP contribution in [0.5, 0.6) is 0 Å². The first-order chi connectivity index (χ1) is 10.1. The van der Waals surface area contributed by atoms with Gasteiger partial charge in [0, 0.05) is 25.4 Å². The van der Waals surface area contributed by atoms with Crippen LogP contribution < -0.4 is 5.73 Å². The molecule has 5 nitrogen and oxygen atoms in total. The third-order valence-electron chi connectivity index (χ3n) is 3.84. The molecule has 0 amide bonds. The van der Waals surface area contributed by atoms with Gasteiger partial charge >= 0.3 is 5.97 Å². The number of hydrogen-bond donors (Lipinski definition) is 1. The molecule has 0 radical (unpaired) electrons. The zero-order chi connectivity index (χ0) is 15.2. The molecule has 1 aromatic carbocycles. The number of benzene rings is 1. The number of ether oxygens (including phenoxy) is 2. The minimum Gasteiger partial charge on any atom is -0.465 e. The number of nitrogens with zero attached hydrogens (tertiary/aromatic N) is 1. The summed E-state index contributed by atoms with van der Waals surface area (Å²) in [6.45, 7) is 3.33. The summed E-state index contributed by atoms with van der Waals surface area (Å²) in [5.74, 6) is 0.184. The Bertz CT molecular complexity index is 484. The molecule has 1 atom stereocenters. The van der Waals surface area contributed by atoms with Crippen LogP contribution >= 0.6 is 0 Å². The average Bonchev–Trinajstić information content (AvgIpc) is 2.47. The zero-order valence-electron chi connectivity index (χ0n) is 12.8. The van der Waals surface area contributed by atoms with Crippen molar-refractivity contribution in [1.29, 1.82) is 0 Å². The maximum absolute atomic E-state index is 11.9. The highest BCUT2D eigenvalue weighted by Crippen LogP contribution is 2.21. The fourth-order valence-corrected chi connectivity index (χ4v) is 2.85. The summed E-state index contributed by atoms with van der Waals surface area (Å²) in [4.78, 5) is 14.1. The van der Waals surface area contributed by atoms with Gasteiger partial charge in [-0.25, -0.2) is 4.79 Å². The number of carbonyl (C=O) groups excluding carboxylic acids is 1. The highest BCUT2D eigenvalue weighted by Gasteiger charge is 2.19. The van der Waals surface area contributed by atoms with Crippen molar-refractivity contribution in [2.45, 2.75) is 19.4 Å². The molecule has 2 rings (SSSR count). The topological polar surface area (TPSA) is 64.8 Å². The van der Waals surface area contributed by atoms with Crippen molar-refractivity contribution in [1.82, 2.24) is 4.90 Å². The molecule has 1 fully saturated rings. The molecule has 1 saturated heterocycles. The van der Waals surface area contributed by atoms with Gasteiger partial charge in [-0.05, 0) is 37.4 Å². The predicted molar refractivity (Wildman–Crippen MR) is 82.1 cm³/mol. The van der Waals surface area contributed by atoms with Gasteiger partial charge in [-0.2, -0.15) is 0 Å². The molecule has 1 aromatic rings. The molecule has 1 unspecified atom stereocenters. The van der Waals surface area contributed by atoms with E-state index >= 15 is 0 Å². The molecule has 116 valence electrons. The first-order valence-electron chi connectivity index (χ1n) is 7.33. The molecule has 0 aromatic heterocycles. The molecule has 5 heteroatoms. The Morgan fingerprint density at radius 1 is 1.52 bits per heavy atom. The van der Waals surface area contributed by atoms with E-state index in [0.29, 0.717) is 23.7 Å². The van der Waals surface area contributed by atoms with Crippen LogP contribution in [0.1, 0.15) is 28.8 Å². The number of anilines is 1. The van der Waals surface area contributed by atoms with E-state index in [1.165, 1.54) is 13.5 Å². The summed E-state index contributed by atoms with van der Waals surface area (Å²) < 4.78 is 10.3. The number of nitrogen functional groups attached to an aromatic ring is 1. The van der Waals surface area contributed by atoms with Crippen LogP contribution in [0.2, 0.25) is 0 Å². The standard InChI is InChI=1S/C16H24N2O3/c1-18(9-12-5-4-8-21-11-12)10-13-6-3-7-14(17)15(13)16(19)20-2/h3,6-7,12H,4-5,8-11,17H2,1-2H3. The molecular formula is C16H24N2O3. The SMILES string of the molecule is COC(=O)c1c(N)cccc1CN(C)CC1CCCOC1. The molecule has 0 saturated carbocycles. The average molecular weight is 292 g/mol. The fourth-order valence-electron chi connectivity index (χ4n) is 2.85. The molecule has 21 heavy (non-hydrogen) atoms. The number of methoxy groups -OCH3 is 1. The zero-order valence-corrected chi connectivity index (χ0v) is 12.8. The van der Waals surface area contributed by atoms with Crippen LogP contribution in [0.3, 0.4) is 0 Å². The van der Waals surface area contributed by atoms with E-state index in [9.17, 15) is 4.79 Å². The van der Waals surface area contributed by atoms with Crippen molar-refractivity contribution < 1.29 is 14.3 Å². The fraction of sp³-hybridized carbons (Fsp3) is 0.562. The minimum atomic E-state index is -0.377. The van der Waals surface area contributed by atoms with Crippen LogP contribution in [0.25, 0.3) is 0 Å². The Morgan fingerprint density at radius 3 is 3.00 bits per heavy atom. The Kier molecular flexibility index (Phi) is 5.59. The highest BCUT2D eigenvalue weighted by molar-refractivity contribution is 5.96. The number of rotatable bonds is 5.